The summed E-state index contributed by atoms with van der Waals surface area (Å²) in [5.74, 6) is 0. The summed E-state index contributed by atoms with van der Waals surface area (Å²) in [6, 6.07) is 75.5. The number of anilines is 3. The van der Waals surface area contributed by atoms with Crippen molar-refractivity contribution in [3.63, 3.8) is 0 Å². The van der Waals surface area contributed by atoms with Crippen LogP contribution in [0.1, 0.15) is 51.3 Å². The van der Waals surface area contributed by atoms with E-state index in [1.54, 1.807) is 0 Å². The molecule has 0 saturated carbocycles. The van der Waals surface area contributed by atoms with Gasteiger partial charge < -0.3 is 9.32 Å². The van der Waals surface area contributed by atoms with Crippen molar-refractivity contribution in [2.75, 3.05) is 4.90 Å². The maximum atomic E-state index is 6.28. The lowest BCUT2D eigenvalue weighted by Gasteiger charge is -2.28. The second-order valence-electron chi connectivity index (χ2n) is 18.6. The molecule has 0 unspecified atom stereocenters. The SMILES string of the molecule is CC(C)(C)c1ccc(-c2ccc3c(c2)C(C)(C)c2ccc(-c4ccccc4N(c4ccc(-c5ccccc5)cc4)c4ccc(-c5ccc6c(c5)oc5ccccc56)cc4)cc2-3)cc1. The van der Waals surface area contributed by atoms with Crippen LogP contribution in [0.15, 0.2) is 211 Å². The van der Waals surface area contributed by atoms with E-state index in [0.29, 0.717) is 0 Å². The summed E-state index contributed by atoms with van der Waals surface area (Å²) in [7, 11) is 0. The highest BCUT2D eigenvalue weighted by molar-refractivity contribution is 6.06. The summed E-state index contributed by atoms with van der Waals surface area (Å²) < 4.78 is 6.28. The lowest BCUT2D eigenvalue weighted by molar-refractivity contribution is 0.590. The van der Waals surface area contributed by atoms with Crippen molar-refractivity contribution in [2.24, 2.45) is 0 Å². The number of furan rings is 1. The molecule has 2 nitrogen and oxygen atoms in total. The first-order valence-corrected chi connectivity index (χ1v) is 22.1. The van der Waals surface area contributed by atoms with Gasteiger partial charge in [-0.15, -0.1) is 0 Å². The van der Waals surface area contributed by atoms with Gasteiger partial charge in [0.15, 0.2) is 0 Å². The van der Waals surface area contributed by atoms with Crippen molar-refractivity contribution < 1.29 is 4.42 Å². The fraction of sp³-hybridized carbons (Fsp3) is 0.115. The van der Waals surface area contributed by atoms with Gasteiger partial charge in [-0.3, -0.25) is 0 Å². The van der Waals surface area contributed by atoms with Crippen LogP contribution in [0, 0.1) is 0 Å². The molecule has 63 heavy (non-hydrogen) atoms. The smallest absolute Gasteiger partial charge is 0.136 e. The zero-order valence-corrected chi connectivity index (χ0v) is 36.5. The van der Waals surface area contributed by atoms with Crippen molar-refractivity contribution in [3.05, 3.63) is 223 Å². The van der Waals surface area contributed by atoms with Crippen molar-refractivity contribution >= 4 is 39.0 Å². The van der Waals surface area contributed by atoms with Crippen molar-refractivity contribution in [1.29, 1.82) is 0 Å². The Morgan fingerprint density at radius 2 is 0.921 bits per heavy atom. The maximum absolute atomic E-state index is 6.28. The number of hydrogen-bond acceptors (Lipinski definition) is 2. The van der Waals surface area contributed by atoms with Gasteiger partial charge in [0, 0.05) is 33.1 Å². The molecule has 0 N–H and O–H groups in total. The minimum Gasteiger partial charge on any atom is -0.456 e. The molecule has 10 aromatic rings. The van der Waals surface area contributed by atoms with Crippen molar-refractivity contribution in [1.82, 2.24) is 0 Å². The van der Waals surface area contributed by atoms with Crippen molar-refractivity contribution in [3.8, 4) is 55.6 Å². The van der Waals surface area contributed by atoms with Crippen LogP contribution in [-0.2, 0) is 10.8 Å². The fourth-order valence-electron chi connectivity index (χ4n) is 9.75. The van der Waals surface area contributed by atoms with E-state index in [9.17, 15) is 0 Å². The molecule has 0 atom stereocenters. The topological polar surface area (TPSA) is 16.4 Å². The molecule has 1 heterocycles. The number of rotatable bonds is 7. The molecule has 0 radical (unpaired) electrons. The Hall–Kier alpha value is -7.42. The minimum absolute atomic E-state index is 0.123. The molecule has 0 amide bonds. The zero-order valence-electron chi connectivity index (χ0n) is 36.5. The molecule has 9 aromatic carbocycles. The van der Waals surface area contributed by atoms with Gasteiger partial charge in [0.2, 0.25) is 0 Å². The van der Waals surface area contributed by atoms with Crippen LogP contribution in [0.3, 0.4) is 0 Å². The lowest BCUT2D eigenvalue weighted by atomic mass is 9.81. The summed E-state index contributed by atoms with van der Waals surface area (Å²) in [6.07, 6.45) is 0. The first-order chi connectivity index (χ1) is 30.6. The normalized spacial score (nSPS) is 13.0. The van der Waals surface area contributed by atoms with Gasteiger partial charge >= 0.3 is 0 Å². The number of hydrogen-bond donors (Lipinski definition) is 0. The van der Waals surface area contributed by atoms with Gasteiger partial charge in [-0.2, -0.15) is 0 Å². The van der Waals surface area contributed by atoms with Crippen LogP contribution in [0.25, 0.3) is 77.6 Å². The van der Waals surface area contributed by atoms with Crippen LogP contribution >= 0.6 is 0 Å². The predicted octanol–water partition coefficient (Wildman–Crippen LogP) is 17.3. The third-order valence-corrected chi connectivity index (χ3v) is 13.3. The number of fused-ring (bicyclic) bond motifs is 6. The molecule has 0 saturated heterocycles. The Morgan fingerprint density at radius 3 is 1.63 bits per heavy atom. The number of benzene rings is 9. The van der Waals surface area contributed by atoms with E-state index in [1.807, 2.05) is 12.1 Å². The summed E-state index contributed by atoms with van der Waals surface area (Å²) in [5, 5.41) is 2.28. The quantitative estimate of drug-likeness (QED) is 0.159. The maximum Gasteiger partial charge on any atom is 0.136 e. The third-order valence-electron chi connectivity index (χ3n) is 13.3. The molecule has 11 rings (SSSR count). The van der Waals surface area contributed by atoms with E-state index in [0.717, 1.165) is 50.1 Å². The summed E-state index contributed by atoms with van der Waals surface area (Å²) >= 11 is 0. The minimum atomic E-state index is -0.132. The van der Waals surface area contributed by atoms with E-state index in [4.69, 9.17) is 4.42 Å². The Bertz CT molecular complexity index is 3310. The van der Waals surface area contributed by atoms with Gasteiger partial charge in [-0.1, -0.05) is 180 Å². The average Bonchev–Trinajstić information content (AvgIpc) is 3.80. The molecule has 2 heteroatoms. The van der Waals surface area contributed by atoms with E-state index >= 15 is 0 Å². The second-order valence-corrected chi connectivity index (χ2v) is 18.6. The average molecular weight is 812 g/mol. The summed E-state index contributed by atoms with van der Waals surface area (Å²) in [4.78, 5) is 2.40. The zero-order chi connectivity index (χ0) is 42.9. The molecule has 0 fully saturated rings. The first-order valence-electron chi connectivity index (χ1n) is 22.1. The van der Waals surface area contributed by atoms with Gasteiger partial charge in [0.05, 0.1) is 5.69 Å². The van der Waals surface area contributed by atoms with Gasteiger partial charge in [0.25, 0.3) is 0 Å². The van der Waals surface area contributed by atoms with Crippen LogP contribution in [0.4, 0.5) is 17.1 Å². The molecule has 0 aliphatic heterocycles. The van der Waals surface area contributed by atoms with Gasteiger partial charge in [-0.05, 0) is 133 Å². The van der Waals surface area contributed by atoms with Gasteiger partial charge in [-0.25, -0.2) is 0 Å². The molecule has 304 valence electrons. The molecule has 1 aliphatic rings. The van der Waals surface area contributed by atoms with E-state index in [2.05, 4.69) is 234 Å². The number of para-hydroxylation sites is 2. The first kappa shape index (κ1) is 38.5. The van der Waals surface area contributed by atoms with Crippen LogP contribution in [-0.4, -0.2) is 0 Å². The molecular weight excluding hydrogens is 763 g/mol. The summed E-state index contributed by atoms with van der Waals surface area (Å²) in [5.41, 5.74) is 21.3. The standard InChI is InChI=1S/C61H49NO/c1-60(2,3)47-28-19-42(20-29-47)44-25-34-51-54-37-46(27-36-55(54)61(4,5)56(51)38-44)50-15-9-11-17-57(50)62(48-30-21-41(22-31-48)40-13-7-6-8-14-40)49-32-23-43(24-33-49)45-26-35-53-52-16-10-12-18-58(52)63-59(53)39-45/h6-39H,1-5H3. The van der Waals surface area contributed by atoms with Crippen molar-refractivity contribution in [2.45, 2.75) is 45.4 Å². The Balaban J connectivity index is 0.989. The molecule has 1 aromatic heterocycles. The van der Waals surface area contributed by atoms with E-state index in [-0.39, 0.29) is 10.8 Å². The molecule has 0 spiro atoms. The second kappa shape index (κ2) is 14.9. The van der Waals surface area contributed by atoms with E-state index < -0.39 is 0 Å². The predicted molar refractivity (Wildman–Crippen MR) is 266 cm³/mol. The monoisotopic (exact) mass is 811 g/mol. The van der Waals surface area contributed by atoms with Crippen LogP contribution in [0.5, 0.6) is 0 Å². The van der Waals surface area contributed by atoms with Crippen LogP contribution in [0.2, 0.25) is 0 Å². The molecule has 0 bridgehead atoms. The molecule has 1 aliphatic carbocycles. The van der Waals surface area contributed by atoms with Gasteiger partial charge in [0.1, 0.15) is 11.2 Å². The molecular formula is C61H49NO. The number of nitrogens with zero attached hydrogens (tertiary/aromatic N) is 1. The lowest BCUT2D eigenvalue weighted by Crippen LogP contribution is -2.15. The Labute approximate surface area is 370 Å². The highest BCUT2D eigenvalue weighted by atomic mass is 16.3. The Kier molecular flexibility index (Phi) is 9.10. The highest BCUT2D eigenvalue weighted by Gasteiger charge is 2.36. The fourth-order valence-corrected chi connectivity index (χ4v) is 9.75. The third kappa shape index (κ3) is 6.74. The summed E-state index contributed by atoms with van der Waals surface area (Å²) in [6.45, 7) is 11.6. The largest absolute Gasteiger partial charge is 0.456 e. The van der Waals surface area contributed by atoms with Crippen LogP contribution < -0.4 is 4.90 Å². The Morgan fingerprint density at radius 1 is 0.381 bits per heavy atom. The van der Waals surface area contributed by atoms with E-state index in [1.165, 1.54) is 61.2 Å². The highest BCUT2D eigenvalue weighted by Crippen LogP contribution is 2.52.